The van der Waals surface area contributed by atoms with E-state index in [1.807, 2.05) is 32.0 Å². The maximum absolute atomic E-state index is 13.6. The van der Waals surface area contributed by atoms with Crippen molar-refractivity contribution in [1.82, 2.24) is 23.7 Å². The van der Waals surface area contributed by atoms with Gasteiger partial charge in [0.15, 0.2) is 0 Å². The fraction of sp³-hybridized carbons (Fsp3) is 0.417. The molecule has 2 fully saturated rings. The number of amides is 1. The molecule has 1 aliphatic heterocycles. The average molecular weight is 498 g/mol. The smallest absolute Gasteiger partial charge is 0.332 e. The lowest BCUT2D eigenvalue weighted by atomic mass is 10.1. The highest BCUT2D eigenvalue weighted by Gasteiger charge is 2.37. The topological polar surface area (TPSA) is 89.2 Å². The SMILES string of the molecule is C=CC(=O)N1CC(n2c(=O)c3cc(SNC4(C)CC4)ccc3n(Cc3sc(C)nc3C)c2=O)C1. The number of thiazole rings is 1. The van der Waals surface area contributed by atoms with Crippen LogP contribution in [0.25, 0.3) is 10.9 Å². The highest BCUT2D eigenvalue weighted by atomic mass is 32.2. The van der Waals surface area contributed by atoms with Crippen molar-refractivity contribution in [3.63, 3.8) is 0 Å². The van der Waals surface area contributed by atoms with Gasteiger partial charge in [0.2, 0.25) is 5.91 Å². The van der Waals surface area contributed by atoms with Crippen molar-refractivity contribution < 1.29 is 4.79 Å². The number of benzene rings is 1. The molecule has 2 aliphatic rings. The summed E-state index contributed by atoms with van der Waals surface area (Å²) >= 11 is 3.07. The number of rotatable bonds is 7. The van der Waals surface area contributed by atoms with Crippen molar-refractivity contribution in [1.29, 1.82) is 0 Å². The van der Waals surface area contributed by atoms with E-state index in [4.69, 9.17) is 0 Å². The first-order valence-corrected chi connectivity index (χ1v) is 12.9. The molecule has 5 rings (SSSR count). The molecule has 10 heteroatoms. The van der Waals surface area contributed by atoms with Crippen LogP contribution in [0.2, 0.25) is 0 Å². The summed E-state index contributed by atoms with van der Waals surface area (Å²) in [7, 11) is 0. The molecule has 1 aliphatic carbocycles. The third kappa shape index (κ3) is 4.14. The molecule has 0 bridgehead atoms. The molecule has 0 unspecified atom stereocenters. The van der Waals surface area contributed by atoms with E-state index < -0.39 is 0 Å². The molecule has 1 amide bonds. The van der Waals surface area contributed by atoms with Gasteiger partial charge in [0.25, 0.3) is 5.56 Å². The fourth-order valence-electron chi connectivity index (χ4n) is 4.17. The Morgan fingerprint density at radius 3 is 2.68 bits per heavy atom. The van der Waals surface area contributed by atoms with Crippen LogP contribution < -0.4 is 16.0 Å². The molecular formula is C24H27N5O3S2. The van der Waals surface area contributed by atoms with Crippen molar-refractivity contribution >= 4 is 40.1 Å². The second-order valence-corrected chi connectivity index (χ2v) is 11.5. The standard InChI is InChI=1S/C24H27N5O3S2/c1-5-21(30)27-11-16(12-27)29-22(31)18-10-17(34-26-24(4)8-9-24)6-7-19(18)28(23(29)32)13-20-14(2)25-15(3)33-20/h5-7,10,16,26H,1,8-9,11-13H2,2-4H3. The van der Waals surface area contributed by atoms with Gasteiger partial charge in [-0.15, -0.1) is 11.3 Å². The number of aryl methyl sites for hydroxylation is 2. The number of aromatic nitrogens is 3. The van der Waals surface area contributed by atoms with Crippen molar-refractivity contribution in [3.05, 3.63) is 67.3 Å². The second-order valence-electron chi connectivity index (χ2n) is 9.33. The molecular weight excluding hydrogens is 470 g/mol. The maximum atomic E-state index is 13.6. The van der Waals surface area contributed by atoms with Crippen LogP contribution in [-0.4, -0.2) is 43.6 Å². The first kappa shape index (κ1) is 23.1. The summed E-state index contributed by atoms with van der Waals surface area (Å²) in [6.45, 7) is 10.6. The number of carbonyl (C=O) groups excluding carboxylic acids is 1. The minimum atomic E-state index is -0.359. The Bertz CT molecular complexity index is 1430. The van der Waals surface area contributed by atoms with E-state index in [9.17, 15) is 14.4 Å². The number of fused-ring (bicyclic) bond motifs is 1. The Morgan fingerprint density at radius 2 is 2.06 bits per heavy atom. The normalized spacial score (nSPS) is 17.1. The van der Waals surface area contributed by atoms with Crippen molar-refractivity contribution in [2.75, 3.05) is 13.1 Å². The van der Waals surface area contributed by atoms with Gasteiger partial charge in [-0.05, 0) is 69.8 Å². The Labute approximate surface area is 205 Å². The van der Waals surface area contributed by atoms with Crippen LogP contribution in [0.15, 0.2) is 45.3 Å². The number of hydrogen-bond donors (Lipinski definition) is 1. The molecule has 0 radical (unpaired) electrons. The zero-order valence-corrected chi connectivity index (χ0v) is 21.1. The lowest BCUT2D eigenvalue weighted by Gasteiger charge is -2.39. The quantitative estimate of drug-likeness (QED) is 0.399. The summed E-state index contributed by atoms with van der Waals surface area (Å²) in [5, 5.41) is 1.44. The molecule has 3 aromatic rings. The van der Waals surface area contributed by atoms with Gasteiger partial charge in [-0.3, -0.25) is 23.4 Å². The van der Waals surface area contributed by atoms with E-state index in [0.29, 0.717) is 30.5 Å². The lowest BCUT2D eigenvalue weighted by molar-refractivity contribution is -0.131. The van der Waals surface area contributed by atoms with E-state index in [1.165, 1.54) is 22.6 Å². The van der Waals surface area contributed by atoms with Crippen LogP contribution >= 0.6 is 23.3 Å². The van der Waals surface area contributed by atoms with E-state index in [1.54, 1.807) is 20.8 Å². The van der Waals surface area contributed by atoms with Crippen LogP contribution in [0.4, 0.5) is 0 Å². The van der Waals surface area contributed by atoms with Gasteiger partial charge in [0, 0.05) is 28.4 Å². The van der Waals surface area contributed by atoms with Gasteiger partial charge in [0.1, 0.15) is 0 Å². The summed E-state index contributed by atoms with van der Waals surface area (Å²) in [5.74, 6) is -0.195. The molecule has 8 nitrogen and oxygen atoms in total. The van der Waals surface area contributed by atoms with Crippen LogP contribution in [0, 0.1) is 13.8 Å². The van der Waals surface area contributed by atoms with E-state index >= 15 is 0 Å². The number of nitrogens with one attached hydrogen (secondary N) is 1. The second kappa shape index (κ2) is 8.51. The molecule has 34 heavy (non-hydrogen) atoms. The molecule has 2 aromatic heterocycles. The lowest BCUT2D eigenvalue weighted by Crippen LogP contribution is -2.56. The van der Waals surface area contributed by atoms with Crippen LogP contribution in [-0.2, 0) is 11.3 Å². The summed E-state index contributed by atoms with van der Waals surface area (Å²) in [6.07, 6.45) is 3.52. The molecule has 1 saturated carbocycles. The number of carbonyl (C=O) groups is 1. The van der Waals surface area contributed by atoms with Gasteiger partial charge in [-0.1, -0.05) is 6.58 Å². The summed E-state index contributed by atoms with van der Waals surface area (Å²) < 4.78 is 6.46. The fourth-order valence-corrected chi connectivity index (χ4v) is 5.98. The molecule has 1 aromatic carbocycles. The third-order valence-electron chi connectivity index (χ3n) is 6.58. The predicted molar refractivity (Wildman–Crippen MR) is 136 cm³/mol. The van der Waals surface area contributed by atoms with Crippen molar-refractivity contribution in [2.24, 2.45) is 0 Å². The van der Waals surface area contributed by atoms with Gasteiger partial charge in [0.05, 0.1) is 34.2 Å². The monoisotopic (exact) mass is 497 g/mol. The highest BCUT2D eigenvalue weighted by Crippen LogP contribution is 2.37. The number of hydrogen-bond acceptors (Lipinski definition) is 7. The minimum Gasteiger partial charge on any atom is -0.335 e. The Hall–Kier alpha value is -2.69. The molecule has 0 atom stereocenters. The van der Waals surface area contributed by atoms with Gasteiger partial charge >= 0.3 is 5.69 Å². The summed E-state index contributed by atoms with van der Waals surface area (Å²) in [4.78, 5) is 47.1. The summed E-state index contributed by atoms with van der Waals surface area (Å²) in [6, 6.07) is 5.32. The molecule has 178 valence electrons. The van der Waals surface area contributed by atoms with E-state index in [-0.39, 0.29) is 28.7 Å². The Balaban J connectivity index is 1.60. The van der Waals surface area contributed by atoms with Crippen LogP contribution in [0.5, 0.6) is 0 Å². The Morgan fingerprint density at radius 1 is 1.32 bits per heavy atom. The maximum Gasteiger partial charge on any atom is 0.332 e. The Kier molecular flexibility index (Phi) is 5.78. The molecule has 1 saturated heterocycles. The zero-order valence-electron chi connectivity index (χ0n) is 19.5. The van der Waals surface area contributed by atoms with Gasteiger partial charge in [-0.25, -0.2) is 9.78 Å². The van der Waals surface area contributed by atoms with Gasteiger partial charge in [-0.2, -0.15) is 0 Å². The molecule has 0 spiro atoms. The van der Waals surface area contributed by atoms with E-state index in [2.05, 4.69) is 23.2 Å². The zero-order chi connectivity index (χ0) is 24.2. The molecule has 1 N–H and O–H groups in total. The van der Waals surface area contributed by atoms with Crippen molar-refractivity contribution in [3.8, 4) is 0 Å². The number of likely N-dealkylation sites (tertiary alicyclic amines) is 1. The van der Waals surface area contributed by atoms with Crippen LogP contribution in [0.3, 0.4) is 0 Å². The minimum absolute atomic E-state index is 0.146. The van der Waals surface area contributed by atoms with Crippen molar-refractivity contribution in [2.45, 2.75) is 56.6 Å². The number of nitrogens with zero attached hydrogens (tertiary/aromatic N) is 4. The first-order chi connectivity index (χ1) is 16.2. The average Bonchev–Trinajstić information content (AvgIpc) is 3.43. The largest absolute Gasteiger partial charge is 0.335 e. The third-order valence-corrected chi connectivity index (χ3v) is 8.72. The van der Waals surface area contributed by atoms with E-state index in [0.717, 1.165) is 33.3 Å². The van der Waals surface area contributed by atoms with Crippen LogP contribution in [0.1, 0.15) is 41.4 Å². The first-order valence-electron chi connectivity index (χ1n) is 11.3. The summed E-state index contributed by atoms with van der Waals surface area (Å²) in [5.41, 5.74) is 0.970. The highest BCUT2D eigenvalue weighted by molar-refractivity contribution is 7.97. The van der Waals surface area contributed by atoms with Gasteiger partial charge < -0.3 is 4.90 Å². The molecule has 3 heterocycles. The predicted octanol–water partition coefficient (Wildman–Crippen LogP) is 3.00.